The van der Waals surface area contributed by atoms with Gasteiger partial charge >= 0.3 is 0 Å². The summed E-state index contributed by atoms with van der Waals surface area (Å²) in [6.07, 6.45) is 18.6. The highest BCUT2D eigenvalue weighted by Crippen LogP contribution is 2.45. The monoisotopic (exact) mass is 306 g/mol. The normalized spacial score (nSPS) is 43.1. The first-order valence-corrected chi connectivity index (χ1v) is 10.7. The van der Waals surface area contributed by atoms with Crippen molar-refractivity contribution in [3.8, 4) is 0 Å². The predicted octanol–water partition coefficient (Wildman–Crippen LogP) is 7.47. The maximum Gasteiger partial charge on any atom is -0.0386 e. The van der Waals surface area contributed by atoms with Crippen molar-refractivity contribution >= 4 is 0 Å². The summed E-state index contributed by atoms with van der Waals surface area (Å²) < 4.78 is 0. The van der Waals surface area contributed by atoms with E-state index in [0.717, 1.165) is 35.5 Å². The highest BCUT2D eigenvalue weighted by molar-refractivity contribution is 4.85. The van der Waals surface area contributed by atoms with E-state index in [-0.39, 0.29) is 0 Å². The molecule has 0 unspecified atom stereocenters. The number of hydrogen-bond acceptors (Lipinski definition) is 0. The average Bonchev–Trinajstić information content (AvgIpc) is 2.58. The Hall–Kier alpha value is 0. The molecule has 3 fully saturated rings. The van der Waals surface area contributed by atoms with E-state index in [0.29, 0.717) is 0 Å². The average molecular weight is 307 g/mol. The molecule has 0 radical (unpaired) electrons. The van der Waals surface area contributed by atoms with Crippen LogP contribution in [-0.2, 0) is 0 Å². The Kier molecular flexibility index (Phi) is 7.78. The van der Waals surface area contributed by atoms with Gasteiger partial charge in [0.2, 0.25) is 0 Å². The van der Waals surface area contributed by atoms with Gasteiger partial charge in [0.1, 0.15) is 0 Å². The van der Waals surface area contributed by atoms with Crippen LogP contribution in [0.5, 0.6) is 0 Å². The van der Waals surface area contributed by atoms with Crippen LogP contribution in [0.4, 0.5) is 0 Å². The molecule has 3 saturated carbocycles. The Bertz CT molecular complexity index is 240. The van der Waals surface area contributed by atoms with Crippen LogP contribution in [0.3, 0.4) is 0 Å². The molecule has 0 aromatic carbocycles. The largest absolute Gasteiger partial charge is 0.0683 e. The molecule has 0 aromatic heterocycles. The lowest BCUT2D eigenvalue weighted by Crippen LogP contribution is -2.29. The molecule has 130 valence electrons. The minimum absolute atomic E-state index is 1.02. The SMILES string of the molecule is CC.CC1CCC(C2CCC(C3CCC(C)CC3)CC2)CC1. The van der Waals surface area contributed by atoms with Gasteiger partial charge in [0.25, 0.3) is 0 Å². The van der Waals surface area contributed by atoms with Gasteiger partial charge in [-0.3, -0.25) is 0 Å². The Balaban J connectivity index is 0.000000847. The summed E-state index contributed by atoms with van der Waals surface area (Å²) in [4.78, 5) is 0. The second-order valence-corrected chi connectivity index (χ2v) is 8.71. The first-order chi connectivity index (χ1) is 10.7. The van der Waals surface area contributed by atoms with E-state index in [9.17, 15) is 0 Å². The summed E-state index contributed by atoms with van der Waals surface area (Å²) in [5.74, 6) is 6.48. The molecular weight excluding hydrogens is 264 g/mol. The molecular formula is C22H42. The fraction of sp³-hybridized carbons (Fsp3) is 1.00. The van der Waals surface area contributed by atoms with Gasteiger partial charge in [-0.05, 0) is 86.9 Å². The summed E-state index contributed by atoms with van der Waals surface area (Å²) in [5.41, 5.74) is 0. The molecule has 3 rings (SSSR count). The van der Waals surface area contributed by atoms with Crippen LogP contribution in [0.15, 0.2) is 0 Å². The molecule has 0 aliphatic heterocycles. The predicted molar refractivity (Wildman–Crippen MR) is 99.0 cm³/mol. The van der Waals surface area contributed by atoms with Crippen LogP contribution in [0.1, 0.15) is 105 Å². The molecule has 3 aliphatic carbocycles. The van der Waals surface area contributed by atoms with Gasteiger partial charge in [-0.2, -0.15) is 0 Å². The summed E-state index contributed by atoms with van der Waals surface area (Å²) in [6, 6.07) is 0. The van der Waals surface area contributed by atoms with Gasteiger partial charge < -0.3 is 0 Å². The zero-order valence-corrected chi connectivity index (χ0v) is 15.9. The van der Waals surface area contributed by atoms with Crippen LogP contribution in [0, 0.1) is 35.5 Å². The third-order valence-corrected chi connectivity index (χ3v) is 7.27. The topological polar surface area (TPSA) is 0 Å². The second kappa shape index (κ2) is 9.33. The zero-order chi connectivity index (χ0) is 15.9. The Morgan fingerprint density at radius 1 is 0.364 bits per heavy atom. The molecule has 0 nitrogen and oxygen atoms in total. The van der Waals surface area contributed by atoms with Crippen molar-refractivity contribution in [2.75, 3.05) is 0 Å². The van der Waals surface area contributed by atoms with E-state index in [1.54, 1.807) is 51.4 Å². The van der Waals surface area contributed by atoms with Crippen molar-refractivity contribution in [3.63, 3.8) is 0 Å². The van der Waals surface area contributed by atoms with Crippen LogP contribution in [-0.4, -0.2) is 0 Å². The molecule has 3 aliphatic rings. The lowest BCUT2D eigenvalue weighted by atomic mass is 9.65. The summed E-state index contributed by atoms with van der Waals surface area (Å²) in [7, 11) is 0. The molecule has 0 bridgehead atoms. The van der Waals surface area contributed by atoms with Crippen LogP contribution < -0.4 is 0 Å². The summed E-state index contributed by atoms with van der Waals surface area (Å²) >= 11 is 0. The van der Waals surface area contributed by atoms with Gasteiger partial charge in [0.05, 0.1) is 0 Å². The maximum absolute atomic E-state index is 2.46. The van der Waals surface area contributed by atoms with Crippen molar-refractivity contribution in [2.45, 2.75) is 105 Å². The van der Waals surface area contributed by atoms with Gasteiger partial charge in [0, 0.05) is 0 Å². The van der Waals surface area contributed by atoms with Gasteiger partial charge in [-0.25, -0.2) is 0 Å². The third-order valence-electron chi connectivity index (χ3n) is 7.27. The Morgan fingerprint density at radius 3 is 0.773 bits per heavy atom. The molecule has 0 atom stereocenters. The quantitative estimate of drug-likeness (QED) is 0.496. The van der Waals surface area contributed by atoms with Crippen LogP contribution in [0.2, 0.25) is 0 Å². The summed E-state index contributed by atoms with van der Waals surface area (Å²) in [6.45, 7) is 8.91. The van der Waals surface area contributed by atoms with Crippen molar-refractivity contribution in [2.24, 2.45) is 35.5 Å². The van der Waals surface area contributed by atoms with E-state index in [1.807, 2.05) is 13.8 Å². The van der Waals surface area contributed by atoms with Crippen LogP contribution in [0.25, 0.3) is 0 Å². The molecule has 0 aromatic rings. The lowest BCUT2D eigenvalue weighted by Gasteiger charge is -2.41. The molecule has 0 spiro atoms. The fourth-order valence-corrected chi connectivity index (χ4v) is 5.60. The van der Waals surface area contributed by atoms with Crippen molar-refractivity contribution in [1.29, 1.82) is 0 Å². The number of hydrogen-bond donors (Lipinski definition) is 0. The fourth-order valence-electron chi connectivity index (χ4n) is 5.60. The molecule has 0 saturated heterocycles. The lowest BCUT2D eigenvalue weighted by molar-refractivity contribution is 0.108. The molecule has 0 N–H and O–H groups in total. The van der Waals surface area contributed by atoms with Crippen molar-refractivity contribution < 1.29 is 0 Å². The first kappa shape index (κ1) is 18.3. The van der Waals surface area contributed by atoms with E-state index < -0.39 is 0 Å². The van der Waals surface area contributed by atoms with E-state index in [1.165, 1.54) is 25.7 Å². The van der Waals surface area contributed by atoms with Crippen molar-refractivity contribution in [1.82, 2.24) is 0 Å². The van der Waals surface area contributed by atoms with Crippen LogP contribution >= 0.6 is 0 Å². The maximum atomic E-state index is 2.46. The smallest absolute Gasteiger partial charge is 0.0386 e. The van der Waals surface area contributed by atoms with E-state index in [4.69, 9.17) is 0 Å². The second-order valence-electron chi connectivity index (χ2n) is 8.71. The van der Waals surface area contributed by atoms with E-state index >= 15 is 0 Å². The molecule has 0 amide bonds. The molecule has 0 heteroatoms. The minimum atomic E-state index is 1.02. The minimum Gasteiger partial charge on any atom is -0.0683 e. The highest BCUT2D eigenvalue weighted by atomic mass is 14.4. The standard InChI is InChI=1S/C20H36.C2H6/c1-15-3-7-17(8-4-15)19-11-13-20(14-12-19)18-9-5-16(2)6-10-18;1-2/h15-20H,3-14H2,1-2H3;1-2H3. The summed E-state index contributed by atoms with van der Waals surface area (Å²) in [5, 5.41) is 0. The Morgan fingerprint density at radius 2 is 0.545 bits per heavy atom. The number of rotatable bonds is 2. The third kappa shape index (κ3) is 5.00. The zero-order valence-electron chi connectivity index (χ0n) is 15.9. The van der Waals surface area contributed by atoms with Crippen molar-refractivity contribution in [3.05, 3.63) is 0 Å². The molecule has 22 heavy (non-hydrogen) atoms. The molecule has 0 heterocycles. The van der Waals surface area contributed by atoms with Gasteiger partial charge in [0.15, 0.2) is 0 Å². The first-order valence-electron chi connectivity index (χ1n) is 10.7. The van der Waals surface area contributed by atoms with E-state index in [2.05, 4.69) is 13.8 Å². The highest BCUT2D eigenvalue weighted by Gasteiger charge is 2.33. The Labute approximate surface area is 140 Å². The van der Waals surface area contributed by atoms with Gasteiger partial charge in [-0.1, -0.05) is 53.4 Å². The van der Waals surface area contributed by atoms with Gasteiger partial charge in [-0.15, -0.1) is 0 Å².